The van der Waals surface area contributed by atoms with Gasteiger partial charge in [0.15, 0.2) is 5.78 Å². The van der Waals surface area contributed by atoms with Crippen LogP contribution < -0.4 is 0 Å². The van der Waals surface area contributed by atoms with Crippen LogP contribution in [-0.2, 0) is 0 Å². The van der Waals surface area contributed by atoms with Gasteiger partial charge in [0.25, 0.3) is 0 Å². The first-order valence-corrected chi connectivity index (χ1v) is 5.40. The van der Waals surface area contributed by atoms with Gasteiger partial charge in [0, 0.05) is 4.47 Å². The molecule has 0 amide bonds. The highest BCUT2D eigenvalue weighted by atomic mass is 79.9. The summed E-state index contributed by atoms with van der Waals surface area (Å²) < 4.78 is 0.779. The Morgan fingerprint density at radius 1 is 1.54 bits per heavy atom. The number of aromatic hydroxyl groups is 1. The molecule has 2 nitrogen and oxygen atoms in total. The highest BCUT2D eigenvalue weighted by Crippen LogP contribution is 2.24. The Bertz CT molecular complexity index is 334. The van der Waals surface area contributed by atoms with Gasteiger partial charge in [-0.05, 0) is 25.1 Å². The van der Waals surface area contributed by atoms with E-state index in [1.807, 2.05) is 0 Å². The molecule has 13 heavy (non-hydrogen) atoms. The van der Waals surface area contributed by atoms with E-state index in [9.17, 15) is 9.90 Å². The third-order valence-corrected chi connectivity index (χ3v) is 2.49. The molecule has 0 fully saturated rings. The van der Waals surface area contributed by atoms with Gasteiger partial charge in [-0.2, -0.15) is 0 Å². The lowest BCUT2D eigenvalue weighted by molar-refractivity contribution is 0.0993. The summed E-state index contributed by atoms with van der Waals surface area (Å²) in [6, 6.07) is 4.78. The van der Waals surface area contributed by atoms with Crippen molar-refractivity contribution in [3.05, 3.63) is 28.2 Å². The lowest BCUT2D eigenvalue weighted by atomic mass is 10.1. The molecule has 1 atom stereocenters. The molecule has 0 aromatic heterocycles. The summed E-state index contributed by atoms with van der Waals surface area (Å²) in [5, 5.41) is 9.39. The van der Waals surface area contributed by atoms with Crippen molar-refractivity contribution >= 4 is 37.6 Å². The number of carbonyl (C=O) groups is 1. The Balaban J connectivity index is 3.13. The van der Waals surface area contributed by atoms with Crippen molar-refractivity contribution in [1.82, 2.24) is 0 Å². The Morgan fingerprint density at radius 3 is 2.69 bits per heavy atom. The molecule has 1 N–H and O–H groups in total. The number of benzene rings is 1. The van der Waals surface area contributed by atoms with Gasteiger partial charge in [-0.15, -0.1) is 0 Å². The zero-order valence-corrected chi connectivity index (χ0v) is 10.1. The first-order valence-electron chi connectivity index (χ1n) is 3.69. The van der Waals surface area contributed by atoms with Gasteiger partial charge in [0.05, 0.1) is 10.4 Å². The molecule has 1 aromatic carbocycles. The fourth-order valence-corrected chi connectivity index (χ4v) is 1.53. The van der Waals surface area contributed by atoms with E-state index in [1.165, 1.54) is 6.07 Å². The van der Waals surface area contributed by atoms with Crippen molar-refractivity contribution < 1.29 is 9.90 Å². The van der Waals surface area contributed by atoms with E-state index in [1.54, 1.807) is 19.1 Å². The molecule has 0 saturated carbocycles. The summed E-state index contributed by atoms with van der Waals surface area (Å²) in [4.78, 5) is 11.2. The molecule has 1 rings (SSSR count). The average molecular weight is 308 g/mol. The summed E-state index contributed by atoms with van der Waals surface area (Å²) in [7, 11) is 0. The molecule has 0 spiro atoms. The Labute approximate surface area is 93.2 Å². The van der Waals surface area contributed by atoms with E-state index in [0.29, 0.717) is 5.56 Å². The van der Waals surface area contributed by atoms with Gasteiger partial charge in [-0.1, -0.05) is 31.9 Å². The predicted molar refractivity (Wildman–Crippen MR) is 58.5 cm³/mol. The molecule has 0 unspecified atom stereocenters. The highest BCUT2D eigenvalue weighted by molar-refractivity contribution is 9.10. The molecule has 0 aliphatic carbocycles. The molecular weight excluding hydrogens is 300 g/mol. The third-order valence-electron chi connectivity index (χ3n) is 1.59. The van der Waals surface area contributed by atoms with E-state index in [-0.39, 0.29) is 16.4 Å². The van der Waals surface area contributed by atoms with Gasteiger partial charge < -0.3 is 5.11 Å². The molecule has 0 heterocycles. The summed E-state index contributed by atoms with van der Waals surface area (Å²) in [5.74, 6) is -0.113. The number of hydrogen-bond acceptors (Lipinski definition) is 2. The lowest BCUT2D eigenvalue weighted by Crippen LogP contribution is -2.09. The Kier molecular flexibility index (Phi) is 3.50. The molecule has 0 aliphatic heterocycles. The number of carbonyl (C=O) groups excluding carboxylic acids is 1. The highest BCUT2D eigenvalue weighted by Gasteiger charge is 2.15. The fraction of sp³-hybridized carbons (Fsp3) is 0.222. The van der Waals surface area contributed by atoms with Gasteiger partial charge in [-0.3, -0.25) is 4.79 Å². The number of Topliss-reactive ketones (excluding diaryl/α,β-unsaturated/α-hetero) is 1. The van der Waals surface area contributed by atoms with Crippen LogP contribution in [0.2, 0.25) is 0 Å². The molecule has 70 valence electrons. The Morgan fingerprint density at radius 2 is 2.15 bits per heavy atom. The number of phenols is 1. The quantitative estimate of drug-likeness (QED) is 0.673. The second-order valence-corrected chi connectivity index (χ2v) is 4.93. The van der Waals surface area contributed by atoms with Crippen molar-refractivity contribution in [2.75, 3.05) is 0 Å². The van der Waals surface area contributed by atoms with E-state index in [0.717, 1.165) is 4.47 Å². The van der Waals surface area contributed by atoms with Crippen LogP contribution >= 0.6 is 31.9 Å². The second-order valence-electron chi connectivity index (χ2n) is 2.64. The maximum absolute atomic E-state index is 11.5. The standard InChI is InChI=1S/C9H8Br2O2/c1-5(10)9(13)7-4-6(11)2-3-8(7)12/h2-5,12H,1H3/t5-/m0/s1. The largest absolute Gasteiger partial charge is 0.507 e. The first-order chi connectivity index (χ1) is 6.02. The lowest BCUT2D eigenvalue weighted by Gasteiger charge is -2.05. The van der Waals surface area contributed by atoms with Crippen molar-refractivity contribution in [1.29, 1.82) is 0 Å². The van der Waals surface area contributed by atoms with Gasteiger partial charge in [0.2, 0.25) is 0 Å². The number of halogens is 2. The molecule has 0 aliphatic rings. The summed E-state index contributed by atoms with van der Waals surface area (Å²) in [5.41, 5.74) is 0.332. The summed E-state index contributed by atoms with van der Waals surface area (Å²) >= 11 is 6.39. The zero-order valence-electron chi connectivity index (χ0n) is 6.92. The number of ketones is 1. The van der Waals surface area contributed by atoms with Crippen molar-refractivity contribution in [3.63, 3.8) is 0 Å². The van der Waals surface area contributed by atoms with E-state index in [4.69, 9.17) is 0 Å². The van der Waals surface area contributed by atoms with Crippen molar-refractivity contribution in [3.8, 4) is 5.75 Å². The van der Waals surface area contributed by atoms with Crippen LogP contribution in [0, 0.1) is 0 Å². The Hall–Kier alpha value is -0.350. The van der Waals surface area contributed by atoms with Crippen LogP contribution in [0.15, 0.2) is 22.7 Å². The van der Waals surface area contributed by atoms with Gasteiger partial charge >= 0.3 is 0 Å². The minimum absolute atomic E-state index is 0.0134. The third kappa shape index (κ3) is 2.54. The SMILES string of the molecule is C[C@H](Br)C(=O)c1cc(Br)ccc1O. The van der Waals surface area contributed by atoms with E-state index < -0.39 is 0 Å². The van der Waals surface area contributed by atoms with E-state index >= 15 is 0 Å². The monoisotopic (exact) mass is 306 g/mol. The molecule has 1 aromatic rings. The van der Waals surface area contributed by atoms with E-state index in [2.05, 4.69) is 31.9 Å². The van der Waals surface area contributed by atoms with Crippen molar-refractivity contribution in [2.24, 2.45) is 0 Å². The normalized spacial score (nSPS) is 12.5. The molecule has 4 heteroatoms. The van der Waals surface area contributed by atoms with Crippen LogP contribution in [0.5, 0.6) is 5.75 Å². The second kappa shape index (κ2) is 4.24. The van der Waals surface area contributed by atoms with Gasteiger partial charge in [-0.25, -0.2) is 0 Å². The van der Waals surface area contributed by atoms with Gasteiger partial charge in [0.1, 0.15) is 5.75 Å². The molecule has 0 saturated heterocycles. The zero-order chi connectivity index (χ0) is 10.0. The van der Waals surface area contributed by atoms with Crippen LogP contribution in [0.3, 0.4) is 0 Å². The molecule has 0 radical (unpaired) electrons. The summed E-state index contributed by atoms with van der Waals surface area (Å²) in [6.07, 6.45) is 0. The molecule has 0 bridgehead atoms. The number of rotatable bonds is 2. The predicted octanol–water partition coefficient (Wildman–Crippen LogP) is 3.12. The maximum Gasteiger partial charge on any atom is 0.179 e. The average Bonchev–Trinajstić information content (AvgIpc) is 2.08. The molecular formula is C9H8Br2O2. The smallest absolute Gasteiger partial charge is 0.179 e. The minimum atomic E-state index is -0.285. The van der Waals surface area contributed by atoms with Crippen LogP contribution in [-0.4, -0.2) is 15.7 Å². The maximum atomic E-state index is 11.5. The first kappa shape index (κ1) is 10.7. The number of hydrogen-bond donors (Lipinski definition) is 1. The van der Waals surface area contributed by atoms with Crippen LogP contribution in [0.25, 0.3) is 0 Å². The number of phenolic OH excluding ortho intramolecular Hbond substituents is 1. The van der Waals surface area contributed by atoms with Crippen LogP contribution in [0.4, 0.5) is 0 Å². The summed E-state index contributed by atoms with van der Waals surface area (Å²) in [6.45, 7) is 1.72. The minimum Gasteiger partial charge on any atom is -0.507 e. The fourth-order valence-electron chi connectivity index (χ4n) is 0.920. The number of alkyl halides is 1. The van der Waals surface area contributed by atoms with Crippen molar-refractivity contribution in [2.45, 2.75) is 11.8 Å². The topological polar surface area (TPSA) is 37.3 Å². The van der Waals surface area contributed by atoms with Crippen LogP contribution in [0.1, 0.15) is 17.3 Å².